The van der Waals surface area contributed by atoms with E-state index < -0.39 is 0 Å². The Kier molecular flexibility index (Phi) is 3.81. The highest BCUT2D eigenvalue weighted by molar-refractivity contribution is 7.08. The number of aromatic amines is 1. The number of amides is 1. The molecule has 1 atom stereocenters. The summed E-state index contributed by atoms with van der Waals surface area (Å²) in [4.78, 5) is 26.6. The van der Waals surface area contributed by atoms with Gasteiger partial charge >= 0.3 is 0 Å². The molecule has 1 aromatic carbocycles. The molecule has 0 bridgehead atoms. The van der Waals surface area contributed by atoms with E-state index in [1.54, 1.807) is 23.5 Å². The van der Waals surface area contributed by atoms with Gasteiger partial charge in [-0.3, -0.25) is 9.59 Å². The van der Waals surface area contributed by atoms with E-state index in [0.717, 1.165) is 27.7 Å². The van der Waals surface area contributed by atoms with Crippen LogP contribution >= 0.6 is 11.3 Å². The van der Waals surface area contributed by atoms with E-state index in [1.165, 1.54) is 0 Å². The van der Waals surface area contributed by atoms with Crippen LogP contribution < -0.4 is 10.9 Å². The lowest BCUT2D eigenvalue weighted by molar-refractivity contribution is -0.117. The number of benzene rings is 1. The summed E-state index contributed by atoms with van der Waals surface area (Å²) >= 11 is 1.58. The Morgan fingerprint density at radius 2 is 2.09 bits per heavy atom. The zero-order chi connectivity index (χ0) is 15.7. The van der Waals surface area contributed by atoms with Gasteiger partial charge in [0.25, 0.3) is 0 Å². The smallest absolute Gasteiger partial charge is 0.248 e. The van der Waals surface area contributed by atoms with Gasteiger partial charge in [0.15, 0.2) is 0 Å². The maximum atomic E-state index is 12.3. The van der Waals surface area contributed by atoms with Crippen molar-refractivity contribution >= 4 is 33.8 Å². The summed E-state index contributed by atoms with van der Waals surface area (Å²) in [7, 11) is 0. The molecule has 3 aromatic rings. The largest absolute Gasteiger partial charge is 0.326 e. The lowest BCUT2D eigenvalue weighted by atomic mass is 10.0. The number of fused-ring (bicyclic) bond motifs is 1. The molecule has 0 spiro atoms. The van der Waals surface area contributed by atoms with E-state index >= 15 is 0 Å². The number of aryl methyl sites for hydroxylation is 1. The average Bonchev–Trinajstić information content (AvgIpc) is 3.01. The summed E-state index contributed by atoms with van der Waals surface area (Å²) in [6.45, 7) is 3.78. The molecule has 0 aliphatic rings. The molecule has 5 heteroatoms. The predicted molar refractivity (Wildman–Crippen MR) is 90.7 cm³/mol. The highest BCUT2D eigenvalue weighted by Gasteiger charge is 2.15. The molecule has 22 heavy (non-hydrogen) atoms. The van der Waals surface area contributed by atoms with Crippen molar-refractivity contribution in [2.45, 2.75) is 19.8 Å². The van der Waals surface area contributed by atoms with E-state index in [0.29, 0.717) is 0 Å². The topological polar surface area (TPSA) is 62.0 Å². The maximum Gasteiger partial charge on any atom is 0.248 e. The first-order chi connectivity index (χ1) is 10.5. The van der Waals surface area contributed by atoms with Gasteiger partial charge in [-0.15, -0.1) is 0 Å². The van der Waals surface area contributed by atoms with E-state index in [-0.39, 0.29) is 17.4 Å². The molecule has 2 aromatic heterocycles. The molecule has 0 aliphatic carbocycles. The number of hydrogen-bond acceptors (Lipinski definition) is 3. The summed E-state index contributed by atoms with van der Waals surface area (Å²) in [5.74, 6) is -0.238. The Bertz CT molecular complexity index is 881. The third-order valence-corrected chi connectivity index (χ3v) is 4.46. The molecular formula is C17H16N2O2S. The number of H-pyrrole nitrogens is 1. The number of thiophene rings is 1. The Balaban J connectivity index is 1.88. The van der Waals surface area contributed by atoms with Crippen LogP contribution in [0.25, 0.3) is 10.9 Å². The summed E-state index contributed by atoms with van der Waals surface area (Å²) < 4.78 is 0. The van der Waals surface area contributed by atoms with E-state index in [4.69, 9.17) is 0 Å². The van der Waals surface area contributed by atoms with Crippen molar-refractivity contribution in [1.29, 1.82) is 0 Å². The van der Waals surface area contributed by atoms with Gasteiger partial charge in [0.05, 0.1) is 5.92 Å². The summed E-state index contributed by atoms with van der Waals surface area (Å²) in [5, 5.41) is 7.82. The molecule has 0 aliphatic heterocycles. The average molecular weight is 312 g/mol. The first-order valence-electron chi connectivity index (χ1n) is 7.01. The Labute approximate surface area is 131 Å². The molecule has 1 unspecified atom stereocenters. The SMILES string of the molecule is Cc1cc(=O)[nH]c2ccc(NC(=O)C(C)c3ccsc3)cc12. The van der Waals surface area contributed by atoms with Crippen LogP contribution in [-0.2, 0) is 4.79 Å². The molecule has 0 saturated carbocycles. The van der Waals surface area contributed by atoms with E-state index in [1.807, 2.05) is 42.8 Å². The van der Waals surface area contributed by atoms with Crippen molar-refractivity contribution in [2.75, 3.05) is 5.32 Å². The third-order valence-electron chi connectivity index (χ3n) is 3.75. The monoisotopic (exact) mass is 312 g/mol. The zero-order valence-corrected chi connectivity index (χ0v) is 13.2. The standard InChI is InChI=1S/C17H16N2O2S/c1-10-7-16(20)19-15-4-3-13(8-14(10)15)18-17(21)11(2)12-5-6-22-9-12/h3-9,11H,1-2H3,(H,18,21)(H,19,20). The molecule has 3 rings (SSSR count). The minimum Gasteiger partial charge on any atom is -0.326 e. The van der Waals surface area contributed by atoms with Gasteiger partial charge in [-0.2, -0.15) is 11.3 Å². The second-order valence-electron chi connectivity index (χ2n) is 5.34. The number of carbonyl (C=O) groups is 1. The van der Waals surface area contributed by atoms with Crippen molar-refractivity contribution < 1.29 is 4.79 Å². The van der Waals surface area contributed by atoms with Gasteiger partial charge in [-0.05, 0) is 60.0 Å². The number of nitrogens with one attached hydrogen (secondary N) is 2. The maximum absolute atomic E-state index is 12.3. The zero-order valence-electron chi connectivity index (χ0n) is 12.3. The van der Waals surface area contributed by atoms with Crippen LogP contribution in [0.3, 0.4) is 0 Å². The molecule has 2 N–H and O–H groups in total. The van der Waals surface area contributed by atoms with E-state index in [9.17, 15) is 9.59 Å². The second kappa shape index (κ2) is 5.77. The number of anilines is 1. The lowest BCUT2D eigenvalue weighted by Gasteiger charge is -2.12. The summed E-state index contributed by atoms with van der Waals surface area (Å²) in [5.41, 5.74) is 3.29. The Morgan fingerprint density at radius 3 is 2.82 bits per heavy atom. The van der Waals surface area contributed by atoms with Gasteiger partial charge in [0.1, 0.15) is 0 Å². The number of pyridine rings is 1. The van der Waals surface area contributed by atoms with Crippen molar-refractivity contribution in [3.8, 4) is 0 Å². The van der Waals surface area contributed by atoms with Crippen LogP contribution in [0, 0.1) is 6.92 Å². The molecular weight excluding hydrogens is 296 g/mol. The van der Waals surface area contributed by atoms with Crippen LogP contribution in [0.5, 0.6) is 0 Å². The van der Waals surface area contributed by atoms with Crippen LogP contribution in [0.2, 0.25) is 0 Å². The first kappa shape index (κ1) is 14.5. The first-order valence-corrected chi connectivity index (χ1v) is 7.95. The Morgan fingerprint density at radius 1 is 1.27 bits per heavy atom. The highest BCUT2D eigenvalue weighted by Crippen LogP contribution is 2.23. The molecule has 0 saturated heterocycles. The minimum absolute atomic E-state index is 0.0418. The van der Waals surface area contributed by atoms with Gasteiger partial charge < -0.3 is 10.3 Å². The van der Waals surface area contributed by atoms with Crippen molar-refractivity contribution in [3.63, 3.8) is 0 Å². The predicted octanol–water partition coefficient (Wildman–Crippen LogP) is 3.64. The van der Waals surface area contributed by atoms with Crippen molar-refractivity contribution in [1.82, 2.24) is 4.98 Å². The molecule has 2 heterocycles. The summed E-state index contributed by atoms with van der Waals surface area (Å²) in [6.07, 6.45) is 0. The molecule has 0 radical (unpaired) electrons. The van der Waals surface area contributed by atoms with Gasteiger partial charge in [0, 0.05) is 22.7 Å². The number of carbonyl (C=O) groups excluding carboxylic acids is 1. The molecule has 4 nitrogen and oxygen atoms in total. The molecule has 112 valence electrons. The van der Waals surface area contributed by atoms with Crippen LogP contribution in [-0.4, -0.2) is 10.9 Å². The molecule has 1 amide bonds. The lowest BCUT2D eigenvalue weighted by Crippen LogP contribution is -2.18. The Hall–Kier alpha value is -2.40. The fraction of sp³-hybridized carbons (Fsp3) is 0.176. The fourth-order valence-corrected chi connectivity index (χ4v) is 3.18. The normalized spacial score (nSPS) is 12.3. The minimum atomic E-state index is -0.196. The van der Waals surface area contributed by atoms with Crippen LogP contribution in [0.15, 0.2) is 45.9 Å². The molecule has 0 fully saturated rings. The number of rotatable bonds is 3. The van der Waals surface area contributed by atoms with E-state index in [2.05, 4.69) is 10.3 Å². The summed E-state index contributed by atoms with van der Waals surface area (Å²) in [6, 6.07) is 9.02. The number of hydrogen-bond donors (Lipinski definition) is 2. The van der Waals surface area contributed by atoms with Gasteiger partial charge in [-0.1, -0.05) is 0 Å². The van der Waals surface area contributed by atoms with Crippen LogP contribution in [0.4, 0.5) is 5.69 Å². The second-order valence-corrected chi connectivity index (χ2v) is 6.12. The highest BCUT2D eigenvalue weighted by atomic mass is 32.1. The third kappa shape index (κ3) is 2.80. The number of aromatic nitrogens is 1. The van der Waals surface area contributed by atoms with Crippen molar-refractivity contribution in [3.05, 3.63) is 62.6 Å². The fourth-order valence-electron chi connectivity index (χ4n) is 2.42. The van der Waals surface area contributed by atoms with Gasteiger partial charge in [0.2, 0.25) is 11.5 Å². The van der Waals surface area contributed by atoms with Crippen molar-refractivity contribution in [2.24, 2.45) is 0 Å². The van der Waals surface area contributed by atoms with Gasteiger partial charge in [-0.25, -0.2) is 0 Å². The van der Waals surface area contributed by atoms with Crippen LogP contribution in [0.1, 0.15) is 24.0 Å². The quantitative estimate of drug-likeness (QED) is 0.775.